The minimum atomic E-state index is -0.519. The number of ether oxygens (including phenoxy) is 2. The Labute approximate surface area is 182 Å². The molecule has 3 rings (SSSR count). The Hall–Kier alpha value is -3.53. The number of anilines is 1. The van der Waals surface area contributed by atoms with E-state index in [1.165, 1.54) is 0 Å². The first-order valence-corrected chi connectivity index (χ1v) is 10.4. The summed E-state index contributed by atoms with van der Waals surface area (Å²) in [6.07, 6.45) is 3.61. The number of unbranched alkanes of at least 4 members (excludes halogenated alkanes) is 3. The highest BCUT2D eigenvalue weighted by molar-refractivity contribution is 5.99. The monoisotopic (exact) mass is 421 g/mol. The Kier molecular flexibility index (Phi) is 7.50. The zero-order valence-electron chi connectivity index (χ0n) is 17.7. The maximum Gasteiger partial charge on any atom is 0.248 e. The van der Waals surface area contributed by atoms with Crippen molar-refractivity contribution in [3.63, 3.8) is 0 Å². The number of primary amides is 1. The van der Waals surface area contributed by atoms with E-state index in [0.717, 1.165) is 24.8 Å². The molecule has 1 unspecified atom stereocenters. The van der Waals surface area contributed by atoms with Crippen molar-refractivity contribution in [3.8, 4) is 17.6 Å². The molecule has 2 amide bonds. The molecule has 31 heavy (non-hydrogen) atoms. The van der Waals surface area contributed by atoms with Crippen molar-refractivity contribution in [3.05, 3.63) is 53.6 Å². The van der Waals surface area contributed by atoms with Gasteiger partial charge in [-0.1, -0.05) is 12.1 Å². The van der Waals surface area contributed by atoms with Gasteiger partial charge in [0.05, 0.1) is 19.8 Å². The normalized spacial score (nSPS) is 15.5. The molecule has 7 heteroatoms. The minimum Gasteiger partial charge on any atom is -0.493 e. The van der Waals surface area contributed by atoms with Crippen LogP contribution in [0.2, 0.25) is 0 Å². The summed E-state index contributed by atoms with van der Waals surface area (Å²) in [6, 6.07) is 14.7. The van der Waals surface area contributed by atoms with E-state index in [1.54, 1.807) is 30.2 Å². The first-order valence-electron chi connectivity index (χ1n) is 10.4. The number of carbonyl (C=O) groups is 2. The number of nitrogens with two attached hydrogens (primary N) is 1. The summed E-state index contributed by atoms with van der Waals surface area (Å²) < 4.78 is 11.3. The topological polar surface area (TPSA) is 106 Å². The fourth-order valence-electron chi connectivity index (χ4n) is 3.73. The lowest BCUT2D eigenvalue weighted by Gasteiger charge is -2.18. The van der Waals surface area contributed by atoms with Crippen LogP contribution >= 0.6 is 0 Å². The first kappa shape index (κ1) is 22.2. The van der Waals surface area contributed by atoms with Crippen LogP contribution in [0.15, 0.2) is 42.5 Å². The summed E-state index contributed by atoms with van der Waals surface area (Å²) in [5, 5.41) is 8.61. The molecule has 0 saturated carbocycles. The van der Waals surface area contributed by atoms with Gasteiger partial charge in [0.15, 0.2) is 11.5 Å². The van der Waals surface area contributed by atoms with Crippen molar-refractivity contribution in [2.45, 2.75) is 38.0 Å². The van der Waals surface area contributed by atoms with Crippen LogP contribution in [0, 0.1) is 11.3 Å². The summed E-state index contributed by atoms with van der Waals surface area (Å²) in [7, 11) is 1.60. The van der Waals surface area contributed by atoms with Crippen LogP contribution in [-0.4, -0.2) is 32.1 Å². The largest absolute Gasteiger partial charge is 0.493 e. The standard InChI is InChI=1S/C24H27N3O4/c1-30-21-10-9-17(14-22(21)31-12-5-3-2-4-11-25)19-15-23(28)27(16-19)20-8-6-7-18(13-20)24(26)29/h6-10,13-14,19H,2-5,12,15-16H2,1H3,(H2,26,29). The molecule has 0 aromatic heterocycles. The molecular formula is C24H27N3O4. The summed E-state index contributed by atoms with van der Waals surface area (Å²) in [4.78, 5) is 25.8. The van der Waals surface area contributed by atoms with Gasteiger partial charge in [-0.3, -0.25) is 9.59 Å². The van der Waals surface area contributed by atoms with Gasteiger partial charge in [0.25, 0.3) is 0 Å². The predicted octanol–water partition coefficient (Wildman–Crippen LogP) is 3.78. The molecule has 1 saturated heterocycles. The lowest BCUT2D eigenvalue weighted by molar-refractivity contribution is -0.117. The number of nitrogens with zero attached hydrogens (tertiary/aromatic N) is 2. The first-order chi connectivity index (χ1) is 15.0. The highest BCUT2D eigenvalue weighted by atomic mass is 16.5. The van der Waals surface area contributed by atoms with Crippen LogP contribution in [-0.2, 0) is 4.79 Å². The third-order valence-electron chi connectivity index (χ3n) is 5.42. The van der Waals surface area contributed by atoms with Crippen LogP contribution in [0.25, 0.3) is 0 Å². The van der Waals surface area contributed by atoms with Crippen molar-refractivity contribution in [1.29, 1.82) is 5.26 Å². The molecule has 1 fully saturated rings. The van der Waals surface area contributed by atoms with Gasteiger partial charge >= 0.3 is 0 Å². The van der Waals surface area contributed by atoms with Gasteiger partial charge in [0, 0.05) is 36.6 Å². The van der Waals surface area contributed by atoms with Crippen LogP contribution in [0.3, 0.4) is 0 Å². The Morgan fingerprint density at radius 2 is 2.03 bits per heavy atom. The van der Waals surface area contributed by atoms with E-state index in [0.29, 0.717) is 48.7 Å². The second kappa shape index (κ2) is 10.5. The number of benzene rings is 2. The smallest absolute Gasteiger partial charge is 0.248 e. The van der Waals surface area contributed by atoms with Gasteiger partial charge in [0.2, 0.25) is 11.8 Å². The molecule has 1 aliphatic heterocycles. The van der Waals surface area contributed by atoms with E-state index in [1.807, 2.05) is 24.3 Å². The number of nitriles is 1. The maximum absolute atomic E-state index is 12.7. The molecule has 0 aliphatic carbocycles. The Bertz CT molecular complexity index is 983. The highest BCUT2D eigenvalue weighted by Crippen LogP contribution is 2.36. The lowest BCUT2D eigenvalue weighted by Crippen LogP contribution is -2.24. The van der Waals surface area contributed by atoms with Gasteiger partial charge in [-0.15, -0.1) is 0 Å². The highest BCUT2D eigenvalue weighted by Gasteiger charge is 2.32. The Morgan fingerprint density at radius 3 is 2.77 bits per heavy atom. The molecule has 0 bridgehead atoms. The third-order valence-corrected chi connectivity index (χ3v) is 5.42. The molecule has 1 aliphatic rings. The number of hydrogen-bond acceptors (Lipinski definition) is 5. The lowest BCUT2D eigenvalue weighted by atomic mass is 9.98. The van der Waals surface area contributed by atoms with Gasteiger partial charge in [-0.25, -0.2) is 0 Å². The summed E-state index contributed by atoms with van der Waals surface area (Å²) >= 11 is 0. The van der Waals surface area contributed by atoms with E-state index in [2.05, 4.69) is 6.07 Å². The Morgan fingerprint density at radius 1 is 1.19 bits per heavy atom. The van der Waals surface area contributed by atoms with E-state index in [4.69, 9.17) is 20.5 Å². The minimum absolute atomic E-state index is 0.00222. The van der Waals surface area contributed by atoms with Crippen LogP contribution in [0.5, 0.6) is 11.5 Å². The fourth-order valence-corrected chi connectivity index (χ4v) is 3.73. The van der Waals surface area contributed by atoms with E-state index in [9.17, 15) is 9.59 Å². The van der Waals surface area contributed by atoms with Crippen LogP contribution < -0.4 is 20.1 Å². The van der Waals surface area contributed by atoms with Gasteiger partial charge < -0.3 is 20.1 Å². The average molecular weight is 421 g/mol. The SMILES string of the molecule is COc1ccc(C2CC(=O)N(c3cccc(C(N)=O)c3)C2)cc1OCCCCCC#N. The van der Waals surface area contributed by atoms with Gasteiger partial charge in [-0.2, -0.15) is 5.26 Å². The quantitative estimate of drug-likeness (QED) is 0.588. The second-order valence-corrected chi connectivity index (χ2v) is 7.55. The van der Waals surface area contributed by atoms with E-state index < -0.39 is 5.91 Å². The number of methoxy groups -OCH3 is 1. The summed E-state index contributed by atoms with van der Waals surface area (Å²) in [6.45, 7) is 1.06. The van der Waals surface area contributed by atoms with Crippen molar-refractivity contribution < 1.29 is 19.1 Å². The molecule has 1 heterocycles. The molecule has 7 nitrogen and oxygen atoms in total. The maximum atomic E-state index is 12.7. The molecule has 162 valence electrons. The molecule has 0 spiro atoms. The molecule has 2 aromatic carbocycles. The van der Waals surface area contributed by atoms with Crippen molar-refractivity contribution in [2.75, 3.05) is 25.2 Å². The predicted molar refractivity (Wildman–Crippen MR) is 117 cm³/mol. The van der Waals surface area contributed by atoms with Gasteiger partial charge in [0.1, 0.15) is 0 Å². The molecule has 1 atom stereocenters. The average Bonchev–Trinajstić information content (AvgIpc) is 3.17. The number of rotatable bonds is 10. The van der Waals surface area contributed by atoms with Crippen LogP contribution in [0.4, 0.5) is 5.69 Å². The number of amides is 2. The van der Waals surface area contributed by atoms with Crippen molar-refractivity contribution in [1.82, 2.24) is 0 Å². The zero-order chi connectivity index (χ0) is 22.2. The molecular weight excluding hydrogens is 394 g/mol. The van der Waals surface area contributed by atoms with E-state index in [-0.39, 0.29) is 11.8 Å². The molecule has 0 radical (unpaired) electrons. The zero-order valence-corrected chi connectivity index (χ0v) is 17.7. The summed E-state index contributed by atoms with van der Waals surface area (Å²) in [5.74, 6) is 0.795. The molecule has 2 N–H and O–H groups in total. The third kappa shape index (κ3) is 5.54. The second-order valence-electron chi connectivity index (χ2n) is 7.55. The van der Waals surface area contributed by atoms with Gasteiger partial charge in [-0.05, 0) is 55.2 Å². The van der Waals surface area contributed by atoms with Crippen molar-refractivity contribution >= 4 is 17.5 Å². The summed E-state index contributed by atoms with van der Waals surface area (Å²) in [5.41, 5.74) is 7.42. The van der Waals surface area contributed by atoms with Crippen LogP contribution in [0.1, 0.15) is 53.9 Å². The number of carbonyl (C=O) groups excluding carboxylic acids is 2. The Balaban J connectivity index is 1.70. The number of hydrogen-bond donors (Lipinski definition) is 1. The molecule has 2 aromatic rings. The van der Waals surface area contributed by atoms with Crippen molar-refractivity contribution in [2.24, 2.45) is 5.73 Å². The fraction of sp³-hybridized carbons (Fsp3) is 0.375. The van der Waals surface area contributed by atoms with E-state index >= 15 is 0 Å².